The van der Waals surface area contributed by atoms with Crippen molar-refractivity contribution in [3.05, 3.63) is 60.8 Å². The van der Waals surface area contributed by atoms with Crippen molar-refractivity contribution in [1.82, 2.24) is 0 Å². The van der Waals surface area contributed by atoms with Crippen LogP contribution < -0.4 is 0 Å². The SMILES string of the molecule is CCCCC/C=C\C/C=C\C/C=C\CCCCCCCCC(=O)OC(COCCCCCCCCCCCCCC/C=C\C/C=C\CCCCCCC)COC1OC(CO)C(O)C(OS(=O)(=O)O)C1O. The molecule has 408 valence electrons. The standard InChI is InChI=1S/C57H102O12S/c1-3-5-7-9-11-13-15-17-19-21-23-24-25-26-27-29-31-33-35-37-39-41-43-45-47-65-49-51(50-66-57-55(61)56(69-70(62,63)64)54(60)52(48-58)68-57)67-53(59)46-44-42-40-38-36-34-32-30-28-22-20-18-16-14-12-10-8-6-4-2/h12,14-15,17-18,20-21,23,28,30,51-52,54-58,60-61H,3-11,13,16,19,22,24-27,29,31-50H2,1-2H3,(H,62,63,64)/b14-12-,17-15-,20-18-,23-21-,30-28-. The summed E-state index contributed by atoms with van der Waals surface area (Å²) in [6.45, 7) is 3.96. The van der Waals surface area contributed by atoms with E-state index in [1.54, 1.807) is 0 Å². The molecular formula is C57H102O12S. The number of unbranched alkanes of at least 4 members (excludes halogenated alkanes) is 26. The molecule has 4 N–H and O–H groups in total. The molecule has 13 heteroatoms. The van der Waals surface area contributed by atoms with E-state index in [1.807, 2.05) is 0 Å². The summed E-state index contributed by atoms with van der Waals surface area (Å²) in [7, 11) is -5.07. The molecule has 12 nitrogen and oxygen atoms in total. The van der Waals surface area contributed by atoms with Gasteiger partial charge in [0.25, 0.3) is 0 Å². The number of ether oxygens (including phenoxy) is 4. The van der Waals surface area contributed by atoms with Crippen LogP contribution in [0, 0.1) is 0 Å². The second kappa shape index (κ2) is 47.8. The van der Waals surface area contributed by atoms with Crippen molar-refractivity contribution < 1.29 is 56.2 Å². The second-order valence-corrected chi connectivity index (χ2v) is 20.2. The summed E-state index contributed by atoms with van der Waals surface area (Å²) >= 11 is 0. The highest BCUT2D eigenvalue weighted by molar-refractivity contribution is 7.80. The molecule has 1 fully saturated rings. The highest BCUT2D eigenvalue weighted by Gasteiger charge is 2.48. The Balaban J connectivity index is 2.32. The molecule has 0 aliphatic carbocycles. The van der Waals surface area contributed by atoms with Crippen molar-refractivity contribution in [2.75, 3.05) is 26.4 Å². The van der Waals surface area contributed by atoms with E-state index in [1.165, 1.54) is 128 Å². The maximum Gasteiger partial charge on any atom is 0.397 e. The van der Waals surface area contributed by atoms with Gasteiger partial charge in [-0.1, -0.05) is 203 Å². The van der Waals surface area contributed by atoms with Gasteiger partial charge in [0, 0.05) is 13.0 Å². The molecule has 0 spiro atoms. The summed E-state index contributed by atoms with van der Waals surface area (Å²) in [6.07, 6.45) is 52.5. The Kier molecular flexibility index (Phi) is 44.9. The van der Waals surface area contributed by atoms with Gasteiger partial charge in [0.1, 0.15) is 30.5 Å². The molecule has 0 radical (unpaired) electrons. The van der Waals surface area contributed by atoms with Gasteiger partial charge in [-0.2, -0.15) is 8.42 Å². The van der Waals surface area contributed by atoms with Gasteiger partial charge in [0.15, 0.2) is 6.29 Å². The fourth-order valence-electron chi connectivity index (χ4n) is 8.36. The summed E-state index contributed by atoms with van der Waals surface area (Å²) in [6, 6.07) is 0. The van der Waals surface area contributed by atoms with E-state index < -0.39 is 59.8 Å². The number of esters is 1. The van der Waals surface area contributed by atoms with E-state index >= 15 is 0 Å². The monoisotopic (exact) mass is 1010 g/mol. The first kappa shape index (κ1) is 65.8. The highest BCUT2D eigenvalue weighted by atomic mass is 32.3. The van der Waals surface area contributed by atoms with Crippen LogP contribution in [0.3, 0.4) is 0 Å². The van der Waals surface area contributed by atoms with Crippen LogP contribution in [-0.2, 0) is 38.3 Å². The first-order valence-electron chi connectivity index (χ1n) is 28.0. The third-order valence-corrected chi connectivity index (χ3v) is 13.1. The van der Waals surface area contributed by atoms with Crippen LogP contribution in [0.1, 0.15) is 232 Å². The van der Waals surface area contributed by atoms with E-state index in [2.05, 4.69) is 78.8 Å². The van der Waals surface area contributed by atoms with Crippen LogP contribution in [0.4, 0.5) is 0 Å². The van der Waals surface area contributed by atoms with E-state index in [0.29, 0.717) is 13.0 Å². The summed E-state index contributed by atoms with van der Waals surface area (Å²) in [5.74, 6) is -0.411. The van der Waals surface area contributed by atoms with Gasteiger partial charge in [0.2, 0.25) is 0 Å². The van der Waals surface area contributed by atoms with E-state index in [4.69, 9.17) is 18.9 Å². The zero-order valence-electron chi connectivity index (χ0n) is 44.1. The number of carbonyl (C=O) groups excluding carboxylic acids is 1. The lowest BCUT2D eigenvalue weighted by atomic mass is 9.99. The first-order valence-corrected chi connectivity index (χ1v) is 29.4. The lowest BCUT2D eigenvalue weighted by Crippen LogP contribution is -2.60. The van der Waals surface area contributed by atoms with Crippen molar-refractivity contribution in [2.24, 2.45) is 0 Å². The average molecular weight is 1010 g/mol. The number of carbonyl (C=O) groups is 1. The molecule has 1 aliphatic rings. The summed E-state index contributed by atoms with van der Waals surface area (Å²) < 4.78 is 59.4. The molecule has 1 aliphatic heterocycles. The maximum atomic E-state index is 12.9. The molecule has 0 aromatic carbocycles. The lowest BCUT2D eigenvalue weighted by Gasteiger charge is -2.41. The summed E-state index contributed by atoms with van der Waals surface area (Å²) in [4.78, 5) is 12.9. The van der Waals surface area contributed by atoms with Crippen LogP contribution >= 0.6 is 0 Å². The molecular weight excluding hydrogens is 909 g/mol. The van der Waals surface area contributed by atoms with Crippen LogP contribution in [0.2, 0.25) is 0 Å². The van der Waals surface area contributed by atoms with Crippen LogP contribution in [0.25, 0.3) is 0 Å². The Labute approximate surface area is 427 Å². The first-order chi connectivity index (χ1) is 34.1. The van der Waals surface area contributed by atoms with Gasteiger partial charge < -0.3 is 34.3 Å². The minimum atomic E-state index is -5.07. The van der Waals surface area contributed by atoms with Crippen LogP contribution in [-0.4, -0.2) is 97.5 Å². The van der Waals surface area contributed by atoms with Gasteiger partial charge in [-0.15, -0.1) is 0 Å². The Morgan fingerprint density at radius 3 is 1.40 bits per heavy atom. The molecule has 70 heavy (non-hydrogen) atoms. The Hall–Kier alpha value is -2.20. The maximum absolute atomic E-state index is 12.9. The number of rotatable bonds is 49. The Morgan fingerprint density at radius 2 is 0.943 bits per heavy atom. The van der Waals surface area contributed by atoms with E-state index in [0.717, 1.165) is 77.0 Å². The molecule has 0 aromatic rings. The van der Waals surface area contributed by atoms with Crippen LogP contribution in [0.5, 0.6) is 0 Å². The fourth-order valence-corrected chi connectivity index (χ4v) is 8.87. The van der Waals surface area contributed by atoms with Crippen LogP contribution in [0.15, 0.2) is 60.8 Å². The van der Waals surface area contributed by atoms with E-state index in [-0.39, 0.29) is 19.6 Å². The van der Waals surface area contributed by atoms with Gasteiger partial charge in [-0.05, 0) is 83.5 Å². The largest absolute Gasteiger partial charge is 0.457 e. The van der Waals surface area contributed by atoms with Crippen molar-refractivity contribution in [3.63, 3.8) is 0 Å². The van der Waals surface area contributed by atoms with Crippen molar-refractivity contribution in [1.29, 1.82) is 0 Å². The molecule has 1 heterocycles. The molecule has 6 atom stereocenters. The van der Waals surface area contributed by atoms with Gasteiger partial charge >= 0.3 is 16.4 Å². The van der Waals surface area contributed by atoms with Gasteiger partial charge in [-0.3, -0.25) is 9.35 Å². The topological polar surface area (TPSA) is 178 Å². The predicted octanol–water partition coefficient (Wildman–Crippen LogP) is 13.6. The highest BCUT2D eigenvalue weighted by Crippen LogP contribution is 2.26. The number of aliphatic hydroxyl groups excluding tert-OH is 3. The minimum absolute atomic E-state index is 0.0283. The Bertz CT molecular complexity index is 1450. The molecule has 1 rings (SSSR count). The van der Waals surface area contributed by atoms with Crippen molar-refractivity contribution in [3.8, 4) is 0 Å². The average Bonchev–Trinajstić information content (AvgIpc) is 3.34. The summed E-state index contributed by atoms with van der Waals surface area (Å²) in [5, 5.41) is 30.8. The number of aliphatic hydroxyl groups is 3. The number of hydrogen-bond donors (Lipinski definition) is 4. The quantitative estimate of drug-likeness (QED) is 0.0196. The zero-order valence-corrected chi connectivity index (χ0v) is 44.9. The fraction of sp³-hybridized carbons (Fsp3) is 0.807. The predicted molar refractivity (Wildman–Crippen MR) is 285 cm³/mol. The smallest absolute Gasteiger partial charge is 0.397 e. The molecule has 0 aromatic heterocycles. The number of allylic oxidation sites excluding steroid dienone is 10. The lowest BCUT2D eigenvalue weighted by molar-refractivity contribution is -0.301. The van der Waals surface area contributed by atoms with E-state index in [9.17, 15) is 33.1 Å². The van der Waals surface area contributed by atoms with Crippen molar-refractivity contribution in [2.45, 2.75) is 269 Å². The number of hydrogen-bond acceptors (Lipinski definition) is 11. The molecule has 0 bridgehead atoms. The van der Waals surface area contributed by atoms with Gasteiger partial charge in [0.05, 0.1) is 19.8 Å². The molecule has 1 saturated heterocycles. The van der Waals surface area contributed by atoms with Gasteiger partial charge in [-0.25, -0.2) is 4.18 Å². The van der Waals surface area contributed by atoms with Crippen molar-refractivity contribution >= 4 is 16.4 Å². The zero-order chi connectivity index (χ0) is 51.0. The minimum Gasteiger partial charge on any atom is -0.457 e. The third kappa shape index (κ3) is 40.3. The summed E-state index contributed by atoms with van der Waals surface area (Å²) in [5.41, 5.74) is 0. The normalized spacial score (nSPS) is 19.5. The molecule has 0 amide bonds. The third-order valence-electron chi connectivity index (χ3n) is 12.6. The Morgan fingerprint density at radius 1 is 0.543 bits per heavy atom. The molecule has 6 unspecified atom stereocenters. The second-order valence-electron chi connectivity index (χ2n) is 19.2. The molecule has 0 saturated carbocycles.